The highest BCUT2D eigenvalue weighted by molar-refractivity contribution is 8.00. The first kappa shape index (κ1) is 17.7. The Morgan fingerprint density at radius 3 is 2.78 bits per heavy atom. The Bertz CT molecular complexity index is 1120. The van der Waals surface area contributed by atoms with Crippen LogP contribution in [0.15, 0.2) is 57.3 Å². The van der Waals surface area contributed by atoms with Gasteiger partial charge in [0, 0.05) is 16.7 Å². The van der Waals surface area contributed by atoms with Crippen molar-refractivity contribution in [3.63, 3.8) is 0 Å². The molecule has 0 fully saturated rings. The summed E-state index contributed by atoms with van der Waals surface area (Å²) in [5, 5.41) is 12.0. The summed E-state index contributed by atoms with van der Waals surface area (Å²) >= 11 is 2.61. The zero-order chi connectivity index (χ0) is 18.8. The van der Waals surface area contributed by atoms with Gasteiger partial charge in [0.25, 0.3) is 5.91 Å². The number of aromatic nitrogens is 2. The molecule has 0 spiro atoms. The third-order valence-electron chi connectivity index (χ3n) is 3.99. The van der Waals surface area contributed by atoms with Crippen LogP contribution in [-0.4, -0.2) is 16.1 Å². The van der Waals surface area contributed by atoms with Crippen molar-refractivity contribution < 1.29 is 13.6 Å². The Balaban J connectivity index is 1.45. The number of aryl methyl sites for hydroxylation is 1. The van der Waals surface area contributed by atoms with Crippen LogP contribution in [0.2, 0.25) is 0 Å². The highest BCUT2D eigenvalue weighted by Crippen LogP contribution is 2.30. The molecule has 0 bridgehead atoms. The molecule has 0 aliphatic heterocycles. The number of carbonyl (C=O) groups excluding carboxylic acids is 1. The molecule has 8 heteroatoms. The topological polar surface area (TPSA) is 68.0 Å². The molecular formula is C19H14FN3O2S2. The monoisotopic (exact) mass is 399 g/mol. The Morgan fingerprint density at radius 2 is 1.96 bits per heavy atom. The van der Waals surface area contributed by atoms with E-state index < -0.39 is 0 Å². The van der Waals surface area contributed by atoms with Crippen molar-refractivity contribution >= 4 is 45.1 Å². The first-order valence-electron chi connectivity index (χ1n) is 8.11. The predicted molar refractivity (Wildman–Crippen MR) is 105 cm³/mol. The fourth-order valence-corrected chi connectivity index (χ4v) is 4.35. The first-order valence-corrected chi connectivity index (χ1v) is 9.91. The number of benzene rings is 2. The Hall–Kier alpha value is -2.71. The fraction of sp³-hybridized carbons (Fsp3) is 0.105. The maximum absolute atomic E-state index is 13.7. The third kappa shape index (κ3) is 3.72. The Kier molecular flexibility index (Phi) is 4.91. The van der Waals surface area contributed by atoms with E-state index in [-0.39, 0.29) is 17.5 Å². The SMILES string of the molecule is Cc1c(C(=O)Nc2nnc(SCc3ccccc3F)s2)oc2ccccc12. The molecule has 0 saturated carbocycles. The van der Waals surface area contributed by atoms with Crippen LogP contribution in [0.1, 0.15) is 21.7 Å². The number of furan rings is 1. The maximum atomic E-state index is 13.7. The van der Waals surface area contributed by atoms with E-state index in [0.29, 0.717) is 26.4 Å². The number of rotatable bonds is 5. The van der Waals surface area contributed by atoms with Gasteiger partial charge in [0.05, 0.1) is 0 Å². The summed E-state index contributed by atoms with van der Waals surface area (Å²) in [6, 6.07) is 14.1. The van der Waals surface area contributed by atoms with Gasteiger partial charge in [-0.05, 0) is 24.6 Å². The molecule has 0 aliphatic rings. The number of amides is 1. The second-order valence-corrected chi connectivity index (χ2v) is 7.96. The van der Waals surface area contributed by atoms with Crippen molar-refractivity contribution in [1.82, 2.24) is 10.2 Å². The molecule has 1 N–H and O–H groups in total. The van der Waals surface area contributed by atoms with Crippen molar-refractivity contribution in [2.75, 3.05) is 5.32 Å². The number of hydrogen-bond donors (Lipinski definition) is 1. The number of hydrogen-bond acceptors (Lipinski definition) is 6. The summed E-state index contributed by atoms with van der Waals surface area (Å²) in [7, 11) is 0. The third-order valence-corrected chi connectivity index (χ3v) is 6.01. The van der Waals surface area contributed by atoms with E-state index in [9.17, 15) is 9.18 Å². The predicted octanol–water partition coefficient (Wildman–Crippen LogP) is 5.28. The zero-order valence-corrected chi connectivity index (χ0v) is 15.9. The molecule has 2 heterocycles. The van der Waals surface area contributed by atoms with Crippen LogP contribution in [0.4, 0.5) is 9.52 Å². The lowest BCUT2D eigenvalue weighted by atomic mass is 10.1. The van der Waals surface area contributed by atoms with E-state index in [1.165, 1.54) is 29.2 Å². The summed E-state index contributed by atoms with van der Waals surface area (Å²) in [6.07, 6.45) is 0. The van der Waals surface area contributed by atoms with E-state index in [4.69, 9.17) is 4.42 Å². The van der Waals surface area contributed by atoms with Gasteiger partial charge >= 0.3 is 0 Å². The number of halogens is 1. The summed E-state index contributed by atoms with van der Waals surface area (Å²) in [5.74, 6) is 0.0821. The van der Waals surface area contributed by atoms with Crippen molar-refractivity contribution in [3.05, 3.63) is 71.2 Å². The molecule has 1 amide bonds. The van der Waals surface area contributed by atoms with Gasteiger partial charge in [0.2, 0.25) is 5.13 Å². The summed E-state index contributed by atoms with van der Waals surface area (Å²) in [4.78, 5) is 12.5. The Morgan fingerprint density at radius 1 is 1.19 bits per heavy atom. The molecule has 2 aromatic heterocycles. The molecule has 27 heavy (non-hydrogen) atoms. The van der Waals surface area contributed by atoms with Crippen LogP contribution in [0.25, 0.3) is 11.0 Å². The van der Waals surface area contributed by atoms with Gasteiger partial charge in [0.1, 0.15) is 11.4 Å². The molecule has 0 unspecified atom stereocenters. The fourth-order valence-electron chi connectivity index (χ4n) is 2.62. The van der Waals surface area contributed by atoms with Crippen LogP contribution >= 0.6 is 23.1 Å². The molecule has 136 valence electrons. The minimum absolute atomic E-state index is 0.247. The van der Waals surface area contributed by atoms with Crippen molar-refractivity contribution in [1.29, 1.82) is 0 Å². The van der Waals surface area contributed by atoms with E-state index in [2.05, 4.69) is 15.5 Å². The Labute approximate surface area is 162 Å². The summed E-state index contributed by atoms with van der Waals surface area (Å²) in [5.41, 5.74) is 2.04. The maximum Gasteiger partial charge on any atom is 0.293 e. The minimum Gasteiger partial charge on any atom is -0.451 e. The summed E-state index contributed by atoms with van der Waals surface area (Å²) in [6.45, 7) is 1.84. The second kappa shape index (κ2) is 7.50. The van der Waals surface area contributed by atoms with Gasteiger partial charge in [0.15, 0.2) is 10.1 Å². The van der Waals surface area contributed by atoms with E-state index in [1.807, 2.05) is 31.2 Å². The molecule has 0 atom stereocenters. The van der Waals surface area contributed by atoms with Crippen LogP contribution in [-0.2, 0) is 5.75 Å². The molecule has 0 aliphatic carbocycles. The zero-order valence-electron chi connectivity index (χ0n) is 14.2. The highest BCUT2D eigenvalue weighted by atomic mass is 32.2. The second-order valence-electron chi connectivity index (χ2n) is 5.76. The van der Waals surface area contributed by atoms with Gasteiger partial charge < -0.3 is 4.42 Å². The molecule has 0 saturated heterocycles. The number of anilines is 1. The smallest absolute Gasteiger partial charge is 0.293 e. The molecule has 5 nitrogen and oxygen atoms in total. The molecule has 0 radical (unpaired) electrons. The standard InChI is InChI=1S/C19H14FN3O2S2/c1-11-13-7-3-5-9-15(13)25-16(11)17(24)21-18-22-23-19(27-18)26-10-12-6-2-4-8-14(12)20/h2-9H,10H2,1H3,(H,21,22,24). The normalized spacial score (nSPS) is 11.0. The first-order chi connectivity index (χ1) is 13.1. The average molecular weight is 399 g/mol. The van der Waals surface area contributed by atoms with Crippen LogP contribution in [0.5, 0.6) is 0 Å². The lowest BCUT2D eigenvalue weighted by Crippen LogP contribution is -2.11. The van der Waals surface area contributed by atoms with Gasteiger partial charge in [-0.3, -0.25) is 10.1 Å². The lowest BCUT2D eigenvalue weighted by molar-refractivity contribution is 0.0998. The summed E-state index contributed by atoms with van der Waals surface area (Å²) < 4.78 is 20.0. The van der Waals surface area contributed by atoms with E-state index >= 15 is 0 Å². The highest BCUT2D eigenvalue weighted by Gasteiger charge is 2.19. The quantitative estimate of drug-likeness (QED) is 0.365. The number of thioether (sulfide) groups is 1. The molecular weight excluding hydrogens is 385 g/mol. The molecule has 4 rings (SSSR count). The van der Waals surface area contributed by atoms with Crippen LogP contribution in [0.3, 0.4) is 0 Å². The van der Waals surface area contributed by atoms with Gasteiger partial charge in [-0.15, -0.1) is 10.2 Å². The van der Waals surface area contributed by atoms with Crippen molar-refractivity contribution in [3.8, 4) is 0 Å². The van der Waals surface area contributed by atoms with Gasteiger partial charge in [-0.25, -0.2) is 4.39 Å². The average Bonchev–Trinajstić information content (AvgIpc) is 3.26. The largest absolute Gasteiger partial charge is 0.451 e. The number of nitrogens with one attached hydrogen (secondary N) is 1. The van der Waals surface area contributed by atoms with Crippen LogP contribution < -0.4 is 5.32 Å². The minimum atomic E-state index is -0.370. The molecule has 2 aromatic carbocycles. The number of nitrogens with zero attached hydrogens (tertiary/aromatic N) is 2. The number of para-hydroxylation sites is 1. The molecule has 4 aromatic rings. The van der Waals surface area contributed by atoms with Gasteiger partial charge in [-0.2, -0.15) is 0 Å². The number of carbonyl (C=O) groups is 1. The lowest BCUT2D eigenvalue weighted by Gasteiger charge is -2.00. The van der Waals surface area contributed by atoms with E-state index in [1.54, 1.807) is 18.2 Å². The van der Waals surface area contributed by atoms with Crippen LogP contribution in [0, 0.1) is 12.7 Å². The van der Waals surface area contributed by atoms with Crippen molar-refractivity contribution in [2.24, 2.45) is 0 Å². The van der Waals surface area contributed by atoms with Gasteiger partial charge in [-0.1, -0.05) is 59.5 Å². The van der Waals surface area contributed by atoms with E-state index in [0.717, 1.165) is 10.9 Å². The van der Waals surface area contributed by atoms with Crippen molar-refractivity contribution in [2.45, 2.75) is 17.0 Å². The number of fused-ring (bicyclic) bond motifs is 1.